The summed E-state index contributed by atoms with van der Waals surface area (Å²) in [4.78, 5) is -0.535. The lowest BCUT2D eigenvalue weighted by atomic mass is 10.3. The Morgan fingerprint density at radius 2 is 1.00 bits per heavy atom. The molecule has 0 aliphatic heterocycles. The van der Waals surface area contributed by atoms with Crippen molar-refractivity contribution in [2.75, 3.05) is 0 Å². The predicted octanol–water partition coefficient (Wildman–Crippen LogP) is 1.47. The molecular formula is C12H10O6S2. The van der Waals surface area contributed by atoms with Gasteiger partial charge < -0.3 is 5.11 Å². The Morgan fingerprint density at radius 1 is 0.650 bits per heavy atom. The average Bonchev–Trinajstić information content (AvgIpc) is 2.38. The van der Waals surface area contributed by atoms with Gasteiger partial charge in [-0.2, -0.15) is 8.42 Å². The third-order valence-electron chi connectivity index (χ3n) is 2.58. The first-order valence-corrected chi connectivity index (χ1v) is 8.25. The first-order valence-electron chi connectivity index (χ1n) is 5.33. The molecule has 8 heteroatoms. The molecule has 2 aromatic rings. The molecule has 6 nitrogen and oxygen atoms in total. The van der Waals surface area contributed by atoms with Crippen LogP contribution in [0.15, 0.2) is 63.2 Å². The fourth-order valence-electron chi connectivity index (χ4n) is 1.55. The molecule has 0 aliphatic carbocycles. The molecule has 0 radical (unpaired) electrons. The maximum absolute atomic E-state index is 12.2. The molecule has 0 atom stereocenters. The molecule has 2 aromatic carbocycles. The molecule has 0 fully saturated rings. The molecule has 2 rings (SSSR count). The van der Waals surface area contributed by atoms with Gasteiger partial charge in [-0.15, -0.1) is 0 Å². The van der Waals surface area contributed by atoms with Crippen LogP contribution in [0.25, 0.3) is 0 Å². The summed E-state index contributed by atoms with van der Waals surface area (Å²) in [5.41, 5.74) is 0. The van der Waals surface area contributed by atoms with E-state index in [-0.39, 0.29) is 20.4 Å². The maximum Gasteiger partial charge on any atom is 0.294 e. The highest BCUT2D eigenvalue weighted by Crippen LogP contribution is 2.23. The zero-order valence-electron chi connectivity index (χ0n) is 9.96. The summed E-state index contributed by atoms with van der Waals surface area (Å²) in [7, 11) is -8.17. The molecule has 0 aromatic heterocycles. The third-order valence-corrected chi connectivity index (χ3v) is 5.23. The summed E-state index contributed by atoms with van der Waals surface area (Å²) < 4.78 is 55.0. The summed E-state index contributed by atoms with van der Waals surface area (Å²) in [5.74, 6) is -0.0642. The summed E-state index contributed by atoms with van der Waals surface area (Å²) in [6.07, 6.45) is 0. The van der Waals surface area contributed by atoms with E-state index in [1.807, 2.05) is 0 Å². The zero-order valence-corrected chi connectivity index (χ0v) is 11.6. The van der Waals surface area contributed by atoms with Gasteiger partial charge in [0.2, 0.25) is 9.84 Å². The van der Waals surface area contributed by atoms with Crippen LogP contribution in [0.3, 0.4) is 0 Å². The van der Waals surface area contributed by atoms with Gasteiger partial charge >= 0.3 is 0 Å². The van der Waals surface area contributed by atoms with E-state index in [9.17, 15) is 16.8 Å². The molecule has 106 valence electrons. The lowest BCUT2D eigenvalue weighted by Crippen LogP contribution is -2.03. The number of phenols is 1. The van der Waals surface area contributed by atoms with Gasteiger partial charge in [-0.05, 0) is 48.5 Å². The predicted molar refractivity (Wildman–Crippen MR) is 69.8 cm³/mol. The molecule has 20 heavy (non-hydrogen) atoms. The molecule has 0 unspecified atom stereocenters. The normalized spacial score (nSPS) is 12.2. The van der Waals surface area contributed by atoms with Gasteiger partial charge in [0.1, 0.15) is 5.75 Å². The number of benzene rings is 2. The van der Waals surface area contributed by atoms with Gasteiger partial charge in [-0.25, -0.2) is 8.42 Å². The van der Waals surface area contributed by atoms with Crippen molar-refractivity contribution in [2.24, 2.45) is 0 Å². The highest BCUT2D eigenvalue weighted by molar-refractivity contribution is 7.91. The van der Waals surface area contributed by atoms with E-state index in [1.165, 1.54) is 24.3 Å². The number of sulfone groups is 1. The van der Waals surface area contributed by atoms with Crippen LogP contribution in [0.4, 0.5) is 0 Å². The van der Waals surface area contributed by atoms with Gasteiger partial charge in [0.15, 0.2) is 0 Å². The molecule has 0 saturated heterocycles. The van der Waals surface area contributed by atoms with Gasteiger partial charge in [0.05, 0.1) is 14.7 Å². The summed E-state index contributed by atoms with van der Waals surface area (Å²) in [6, 6.07) is 9.13. The highest BCUT2D eigenvalue weighted by atomic mass is 32.2. The van der Waals surface area contributed by atoms with Crippen molar-refractivity contribution in [3.8, 4) is 5.75 Å². The van der Waals surface area contributed by atoms with Gasteiger partial charge in [0, 0.05) is 0 Å². The Bertz CT molecular complexity index is 819. The van der Waals surface area contributed by atoms with Crippen LogP contribution in [-0.2, 0) is 20.0 Å². The van der Waals surface area contributed by atoms with Crippen LogP contribution in [0, 0.1) is 0 Å². The van der Waals surface area contributed by atoms with Gasteiger partial charge in [0.25, 0.3) is 10.1 Å². The fourth-order valence-corrected chi connectivity index (χ4v) is 3.29. The van der Waals surface area contributed by atoms with Crippen molar-refractivity contribution in [1.82, 2.24) is 0 Å². The van der Waals surface area contributed by atoms with Crippen LogP contribution in [-0.4, -0.2) is 26.5 Å². The van der Waals surface area contributed by atoms with Crippen LogP contribution in [0.5, 0.6) is 5.75 Å². The second-order valence-corrected chi connectivity index (χ2v) is 7.32. The fraction of sp³-hybridized carbons (Fsp3) is 0. The number of hydrogen-bond donors (Lipinski definition) is 2. The maximum atomic E-state index is 12.2. The van der Waals surface area contributed by atoms with Crippen molar-refractivity contribution in [1.29, 1.82) is 0 Å². The third kappa shape index (κ3) is 2.82. The first kappa shape index (κ1) is 14.5. The van der Waals surface area contributed by atoms with E-state index in [1.54, 1.807) is 0 Å². The highest BCUT2D eigenvalue weighted by Gasteiger charge is 2.18. The lowest BCUT2D eigenvalue weighted by molar-refractivity contribution is 0.474. The molecule has 0 bridgehead atoms. The quantitative estimate of drug-likeness (QED) is 0.830. The zero-order chi connectivity index (χ0) is 15.0. The Labute approximate surface area is 116 Å². The van der Waals surface area contributed by atoms with Crippen LogP contribution in [0.2, 0.25) is 0 Å². The van der Waals surface area contributed by atoms with Gasteiger partial charge in [-0.3, -0.25) is 4.55 Å². The van der Waals surface area contributed by atoms with Crippen molar-refractivity contribution in [3.05, 3.63) is 48.5 Å². The first-order chi connectivity index (χ1) is 9.21. The monoisotopic (exact) mass is 314 g/mol. The number of aromatic hydroxyl groups is 1. The van der Waals surface area contributed by atoms with Crippen molar-refractivity contribution in [2.45, 2.75) is 14.7 Å². The molecule has 0 heterocycles. The van der Waals surface area contributed by atoms with Crippen molar-refractivity contribution >= 4 is 20.0 Å². The molecular weight excluding hydrogens is 304 g/mol. The molecule has 0 aliphatic rings. The molecule has 0 saturated carbocycles. The number of phenolic OH excluding ortho intramolecular Hbond substituents is 1. The number of rotatable bonds is 3. The van der Waals surface area contributed by atoms with Crippen LogP contribution >= 0.6 is 0 Å². The summed E-state index contributed by atoms with van der Waals surface area (Å²) in [5, 5.41) is 9.13. The molecule has 0 amide bonds. The van der Waals surface area contributed by atoms with E-state index < -0.39 is 20.0 Å². The standard InChI is InChI=1S/C12H10O6S2/c13-9-1-3-10(4-2-9)19(14,15)11-5-7-12(8-6-11)20(16,17)18/h1-8,13H,(H,16,17,18). The largest absolute Gasteiger partial charge is 0.508 e. The van der Waals surface area contributed by atoms with Crippen molar-refractivity contribution < 1.29 is 26.5 Å². The smallest absolute Gasteiger partial charge is 0.294 e. The van der Waals surface area contributed by atoms with Crippen LogP contribution < -0.4 is 0 Å². The van der Waals surface area contributed by atoms with E-state index in [2.05, 4.69) is 0 Å². The lowest BCUT2D eigenvalue weighted by Gasteiger charge is -2.05. The molecule has 0 spiro atoms. The second kappa shape index (κ2) is 4.89. The van der Waals surface area contributed by atoms with E-state index in [0.717, 1.165) is 24.3 Å². The Kier molecular flexibility index (Phi) is 3.55. The number of hydrogen-bond acceptors (Lipinski definition) is 5. The minimum Gasteiger partial charge on any atom is -0.508 e. The minimum absolute atomic E-state index is 0.0325. The topological polar surface area (TPSA) is 109 Å². The Morgan fingerprint density at radius 3 is 1.40 bits per heavy atom. The minimum atomic E-state index is -4.36. The average molecular weight is 314 g/mol. The van der Waals surface area contributed by atoms with Crippen molar-refractivity contribution in [3.63, 3.8) is 0 Å². The second-order valence-electron chi connectivity index (χ2n) is 3.94. The molecule has 2 N–H and O–H groups in total. The van der Waals surface area contributed by atoms with E-state index in [0.29, 0.717) is 0 Å². The SMILES string of the molecule is O=S(=O)(O)c1ccc(S(=O)(=O)c2ccc(O)cc2)cc1. The summed E-state index contributed by atoms with van der Waals surface area (Å²) >= 11 is 0. The van der Waals surface area contributed by atoms with Gasteiger partial charge in [-0.1, -0.05) is 0 Å². The van der Waals surface area contributed by atoms with E-state index >= 15 is 0 Å². The van der Waals surface area contributed by atoms with Crippen LogP contribution in [0.1, 0.15) is 0 Å². The van der Waals surface area contributed by atoms with E-state index in [4.69, 9.17) is 9.66 Å². The summed E-state index contributed by atoms with van der Waals surface area (Å²) in [6.45, 7) is 0. The Hall–Kier alpha value is -1.90. The Balaban J connectivity index is 2.48.